The van der Waals surface area contributed by atoms with E-state index in [-0.39, 0.29) is 11.1 Å². The number of para-hydroxylation sites is 2. The number of hydrogen-bond acceptors (Lipinski definition) is 4. The number of fused-ring (bicyclic) bond motifs is 2. The van der Waals surface area contributed by atoms with Gasteiger partial charge in [0.2, 0.25) is 11.6 Å². The molecular formula is C37H22O5. The van der Waals surface area contributed by atoms with Crippen molar-refractivity contribution in [2.45, 2.75) is 0 Å². The zero-order valence-electron chi connectivity index (χ0n) is 22.2. The lowest BCUT2D eigenvalue weighted by Crippen LogP contribution is -2.11. The lowest BCUT2D eigenvalue weighted by atomic mass is 9.96. The summed E-state index contributed by atoms with van der Waals surface area (Å²) in [6.07, 6.45) is 6.43. The summed E-state index contributed by atoms with van der Waals surface area (Å²) in [5.74, 6) is -1.10. The topological polar surface area (TPSA) is 77.7 Å². The molecule has 200 valence electrons. The second kappa shape index (κ2) is 10.3. The summed E-state index contributed by atoms with van der Waals surface area (Å²) in [4.78, 5) is 26.6. The summed E-state index contributed by atoms with van der Waals surface area (Å²) < 4.78 is 12.0. The van der Waals surface area contributed by atoms with Gasteiger partial charge in [-0.2, -0.15) is 0 Å². The number of allylic oxidation sites excluding steroid dienone is 5. The van der Waals surface area contributed by atoms with E-state index in [0.29, 0.717) is 33.8 Å². The normalized spacial score (nSPS) is 16.6. The van der Waals surface area contributed by atoms with Crippen LogP contribution >= 0.6 is 0 Å². The minimum atomic E-state index is -0.830. The van der Waals surface area contributed by atoms with Crippen LogP contribution in [0.2, 0.25) is 0 Å². The lowest BCUT2D eigenvalue weighted by Gasteiger charge is -2.21. The first-order valence-corrected chi connectivity index (χ1v) is 13.5. The molecule has 4 aromatic carbocycles. The Hall–Kier alpha value is -5.81. The fourth-order valence-corrected chi connectivity index (χ4v) is 5.30. The van der Waals surface area contributed by atoms with Crippen LogP contribution in [0.1, 0.15) is 16.7 Å². The summed E-state index contributed by atoms with van der Waals surface area (Å²) in [5, 5.41) is 14.5. The summed E-state index contributed by atoms with van der Waals surface area (Å²) in [6.45, 7) is 0. The van der Waals surface area contributed by atoms with Gasteiger partial charge in [-0.15, -0.1) is 0 Å². The Labute approximate surface area is 241 Å². The minimum Gasteiger partial charge on any atom is -0.871 e. The molecule has 5 heteroatoms. The Kier molecular flexibility index (Phi) is 6.18. The lowest BCUT2D eigenvalue weighted by molar-refractivity contribution is -0.296. The molecule has 0 radical (unpaired) electrons. The van der Waals surface area contributed by atoms with Crippen molar-refractivity contribution in [3.8, 4) is 16.9 Å². The third-order valence-corrected chi connectivity index (χ3v) is 7.39. The first-order valence-electron chi connectivity index (χ1n) is 13.5. The van der Waals surface area contributed by atoms with E-state index in [1.807, 2.05) is 109 Å². The van der Waals surface area contributed by atoms with E-state index in [4.69, 9.17) is 9.15 Å². The summed E-state index contributed by atoms with van der Waals surface area (Å²) in [7, 11) is 0. The molecule has 0 spiro atoms. The van der Waals surface area contributed by atoms with Crippen LogP contribution in [0.4, 0.5) is 0 Å². The van der Waals surface area contributed by atoms with Crippen molar-refractivity contribution in [3.05, 3.63) is 161 Å². The fraction of sp³-hybridized carbons (Fsp3) is 0. The number of hydrogen-bond donors (Lipinski definition) is 0. The highest BCUT2D eigenvalue weighted by atomic mass is 16.5. The maximum atomic E-state index is 13.8. The number of ketones is 2. The Morgan fingerprint density at radius 2 is 1.33 bits per heavy atom. The van der Waals surface area contributed by atoms with Gasteiger partial charge in [0.05, 0.1) is 10.9 Å². The molecule has 1 aliphatic heterocycles. The predicted octanol–water partition coefficient (Wildman–Crippen LogP) is 7.05. The zero-order valence-corrected chi connectivity index (χ0v) is 22.2. The Balaban J connectivity index is 1.40. The molecule has 0 bridgehead atoms. The first kappa shape index (κ1) is 25.2. The highest BCUT2D eigenvalue weighted by Crippen LogP contribution is 2.39. The van der Waals surface area contributed by atoms with Crippen LogP contribution in [0, 0.1) is 0 Å². The van der Waals surface area contributed by atoms with Gasteiger partial charge in [-0.05, 0) is 41.5 Å². The number of benzene rings is 4. The van der Waals surface area contributed by atoms with Gasteiger partial charge in [0.1, 0.15) is 11.5 Å². The van der Waals surface area contributed by atoms with Crippen LogP contribution in [0.25, 0.3) is 39.5 Å². The maximum Gasteiger partial charge on any atom is 0.360 e. The van der Waals surface area contributed by atoms with Gasteiger partial charge in [-0.3, -0.25) is 9.59 Å². The quantitative estimate of drug-likeness (QED) is 0.137. The third-order valence-electron chi connectivity index (χ3n) is 7.39. The Morgan fingerprint density at radius 1 is 0.667 bits per heavy atom. The molecule has 5 aromatic rings. The molecule has 0 amide bonds. The van der Waals surface area contributed by atoms with Crippen LogP contribution in [0.15, 0.2) is 149 Å². The first-order chi connectivity index (χ1) is 20.6. The molecule has 7 rings (SSSR count). The molecule has 0 unspecified atom stereocenters. The minimum absolute atomic E-state index is 0.173. The van der Waals surface area contributed by atoms with E-state index in [0.717, 1.165) is 22.1 Å². The SMILES string of the molecule is O=C1C(=O)/C(=C\c2c(-c3ccccc3)c[o+]c3ccccc23)C([O-])=C1/C=C1\C=C(c2ccccc2)Oc2ccccc21. The van der Waals surface area contributed by atoms with Gasteiger partial charge in [-0.25, -0.2) is 4.42 Å². The van der Waals surface area contributed by atoms with Gasteiger partial charge < -0.3 is 9.84 Å². The van der Waals surface area contributed by atoms with Crippen LogP contribution in [0.5, 0.6) is 5.75 Å². The number of ether oxygens (including phenoxy) is 1. The van der Waals surface area contributed by atoms with Gasteiger partial charge in [0, 0.05) is 33.9 Å². The van der Waals surface area contributed by atoms with E-state index in [2.05, 4.69) is 0 Å². The monoisotopic (exact) mass is 546 g/mol. The molecule has 0 N–H and O–H groups in total. The molecule has 0 atom stereocenters. The van der Waals surface area contributed by atoms with Crippen LogP contribution < -0.4 is 9.84 Å². The third kappa shape index (κ3) is 4.34. The van der Waals surface area contributed by atoms with Gasteiger partial charge in [0.15, 0.2) is 0 Å². The number of carbonyl (C=O) groups is 2. The molecular weight excluding hydrogens is 524 g/mol. The van der Waals surface area contributed by atoms with Crippen molar-refractivity contribution < 1.29 is 23.8 Å². The second-order valence-electron chi connectivity index (χ2n) is 9.96. The van der Waals surface area contributed by atoms with E-state index < -0.39 is 17.3 Å². The average molecular weight is 547 g/mol. The van der Waals surface area contributed by atoms with Crippen LogP contribution in [-0.2, 0) is 9.59 Å². The van der Waals surface area contributed by atoms with E-state index >= 15 is 0 Å². The predicted molar refractivity (Wildman–Crippen MR) is 161 cm³/mol. The van der Waals surface area contributed by atoms with E-state index in [1.54, 1.807) is 12.3 Å². The Bertz CT molecular complexity index is 2030. The van der Waals surface area contributed by atoms with Crippen LogP contribution in [0.3, 0.4) is 0 Å². The number of Topliss-reactive ketones (excluding diaryl/α,β-unsaturated/α-hetero) is 2. The molecule has 1 aromatic heterocycles. The highest BCUT2D eigenvalue weighted by molar-refractivity contribution is 6.54. The standard InChI is InChI=1S/C37H22O5/c38-35-29(19-25-20-34(24-13-5-2-6-14-24)42-33-18-10-7-15-26(25)33)36(39)37(40)30(35)21-28-27-16-8-9-17-32(27)41-22-31(28)23-11-3-1-4-12-23/h1-22H. The molecule has 0 saturated carbocycles. The van der Waals surface area contributed by atoms with Crippen molar-refractivity contribution in [1.29, 1.82) is 0 Å². The molecule has 5 nitrogen and oxygen atoms in total. The summed E-state index contributed by atoms with van der Waals surface area (Å²) in [6, 6.07) is 33.9. The Morgan fingerprint density at radius 3 is 2.12 bits per heavy atom. The summed E-state index contributed by atoms with van der Waals surface area (Å²) >= 11 is 0. The van der Waals surface area contributed by atoms with Crippen LogP contribution in [-0.4, -0.2) is 11.6 Å². The van der Waals surface area contributed by atoms with Crippen molar-refractivity contribution in [2.75, 3.05) is 0 Å². The van der Waals surface area contributed by atoms with Crippen molar-refractivity contribution in [2.24, 2.45) is 0 Å². The van der Waals surface area contributed by atoms with E-state index in [1.165, 1.54) is 12.2 Å². The van der Waals surface area contributed by atoms with Gasteiger partial charge >= 0.3 is 11.8 Å². The molecule has 0 saturated heterocycles. The number of carbonyl (C=O) groups excluding carboxylic acids is 2. The van der Waals surface area contributed by atoms with Gasteiger partial charge in [0.25, 0.3) is 0 Å². The molecule has 2 heterocycles. The zero-order chi connectivity index (χ0) is 28.6. The molecule has 0 fully saturated rings. The van der Waals surface area contributed by atoms with Gasteiger partial charge in [-0.1, -0.05) is 96.8 Å². The highest BCUT2D eigenvalue weighted by Gasteiger charge is 2.32. The van der Waals surface area contributed by atoms with Crippen molar-refractivity contribution in [3.63, 3.8) is 0 Å². The summed E-state index contributed by atoms with van der Waals surface area (Å²) in [5.41, 5.74) is 4.61. The largest absolute Gasteiger partial charge is 0.871 e. The average Bonchev–Trinajstić information content (AvgIpc) is 3.24. The van der Waals surface area contributed by atoms with E-state index in [9.17, 15) is 14.7 Å². The molecule has 42 heavy (non-hydrogen) atoms. The maximum absolute atomic E-state index is 13.8. The van der Waals surface area contributed by atoms with Crippen molar-refractivity contribution >= 4 is 39.9 Å². The molecule has 1 aliphatic carbocycles. The number of rotatable bonds is 4. The molecule has 2 aliphatic rings. The smallest absolute Gasteiger partial charge is 0.360 e. The fourth-order valence-electron chi connectivity index (χ4n) is 5.30. The van der Waals surface area contributed by atoms with Crippen molar-refractivity contribution in [1.82, 2.24) is 0 Å². The second-order valence-corrected chi connectivity index (χ2v) is 9.96.